The summed E-state index contributed by atoms with van der Waals surface area (Å²) < 4.78 is 13.5. The molecule has 162 valence electrons. The summed E-state index contributed by atoms with van der Waals surface area (Å²) in [6, 6.07) is 6.15. The zero-order valence-corrected chi connectivity index (χ0v) is 18.6. The van der Waals surface area contributed by atoms with Crippen LogP contribution in [-0.2, 0) is 6.54 Å². The smallest absolute Gasteiger partial charge is 0.222 e. The molecule has 0 bridgehead atoms. The first-order chi connectivity index (χ1) is 15.0. The van der Waals surface area contributed by atoms with Crippen molar-refractivity contribution >= 4 is 16.7 Å². The zero-order chi connectivity index (χ0) is 22.0. The first-order valence-corrected chi connectivity index (χ1v) is 10.6. The summed E-state index contributed by atoms with van der Waals surface area (Å²) in [4.78, 5) is 13.5. The van der Waals surface area contributed by atoms with Gasteiger partial charge in [-0.1, -0.05) is 6.92 Å². The van der Waals surface area contributed by atoms with Crippen molar-refractivity contribution in [2.45, 2.75) is 53.6 Å². The Kier molecular flexibility index (Phi) is 5.88. The Morgan fingerprint density at radius 2 is 2.06 bits per heavy atom. The highest BCUT2D eigenvalue weighted by atomic mass is 16.5. The quantitative estimate of drug-likeness (QED) is 0.425. The number of hydrogen-bond acceptors (Lipinski definition) is 7. The zero-order valence-electron chi connectivity index (χ0n) is 18.6. The lowest BCUT2D eigenvalue weighted by Crippen LogP contribution is -2.09. The van der Waals surface area contributed by atoms with Gasteiger partial charge in [-0.05, 0) is 45.4 Å². The highest BCUT2D eigenvalue weighted by molar-refractivity contribution is 5.93. The Morgan fingerprint density at radius 3 is 2.77 bits per heavy atom. The van der Waals surface area contributed by atoms with Crippen LogP contribution in [-0.4, -0.2) is 31.3 Å². The van der Waals surface area contributed by atoms with E-state index in [1.807, 2.05) is 39.0 Å². The summed E-state index contributed by atoms with van der Waals surface area (Å²) in [7, 11) is 0. The molecule has 0 saturated carbocycles. The van der Waals surface area contributed by atoms with E-state index in [1.54, 1.807) is 12.4 Å². The van der Waals surface area contributed by atoms with E-state index in [0.29, 0.717) is 24.9 Å². The van der Waals surface area contributed by atoms with Crippen LogP contribution < -0.4 is 10.1 Å². The summed E-state index contributed by atoms with van der Waals surface area (Å²) >= 11 is 0. The van der Waals surface area contributed by atoms with Crippen molar-refractivity contribution in [2.24, 2.45) is 0 Å². The van der Waals surface area contributed by atoms with Crippen LogP contribution >= 0.6 is 0 Å². The fraction of sp³-hybridized carbons (Fsp3) is 0.391. The van der Waals surface area contributed by atoms with Gasteiger partial charge in [0.25, 0.3) is 0 Å². The molecule has 4 aromatic heterocycles. The van der Waals surface area contributed by atoms with Crippen molar-refractivity contribution in [3.63, 3.8) is 0 Å². The number of hydrogen-bond donors (Lipinski definition) is 1. The van der Waals surface area contributed by atoms with E-state index in [2.05, 4.69) is 33.8 Å². The van der Waals surface area contributed by atoms with Gasteiger partial charge in [-0.15, -0.1) is 0 Å². The van der Waals surface area contributed by atoms with Gasteiger partial charge in [0, 0.05) is 19.2 Å². The first kappa shape index (κ1) is 20.8. The van der Waals surface area contributed by atoms with Gasteiger partial charge < -0.3 is 14.5 Å². The minimum absolute atomic E-state index is 0.245. The lowest BCUT2D eigenvalue weighted by atomic mass is 10.1. The summed E-state index contributed by atoms with van der Waals surface area (Å²) in [5.41, 5.74) is 5.29. The molecule has 0 aromatic carbocycles. The number of nitrogens with zero attached hydrogens (tertiary/aromatic N) is 5. The van der Waals surface area contributed by atoms with Crippen molar-refractivity contribution in [3.8, 4) is 17.1 Å². The molecule has 31 heavy (non-hydrogen) atoms. The van der Waals surface area contributed by atoms with Gasteiger partial charge >= 0.3 is 0 Å². The molecule has 0 amide bonds. The fourth-order valence-electron chi connectivity index (χ4n) is 3.55. The maximum atomic E-state index is 5.75. The number of aryl methyl sites for hydroxylation is 2. The number of rotatable bonds is 8. The second kappa shape index (κ2) is 8.75. The summed E-state index contributed by atoms with van der Waals surface area (Å²) in [6.07, 6.45) is 4.44. The van der Waals surface area contributed by atoms with E-state index in [4.69, 9.17) is 19.2 Å². The molecule has 0 saturated heterocycles. The predicted molar refractivity (Wildman–Crippen MR) is 120 cm³/mol. The fourth-order valence-corrected chi connectivity index (χ4v) is 3.55. The van der Waals surface area contributed by atoms with E-state index in [0.717, 1.165) is 45.9 Å². The molecule has 8 nitrogen and oxygen atoms in total. The Hall–Kier alpha value is -3.42. The topological polar surface area (TPSA) is 90.9 Å². The molecule has 1 atom stereocenters. The molecule has 4 rings (SSSR count). The molecular weight excluding hydrogens is 392 g/mol. The van der Waals surface area contributed by atoms with Gasteiger partial charge in [-0.3, -0.25) is 4.68 Å². The van der Waals surface area contributed by atoms with Crippen molar-refractivity contribution in [1.29, 1.82) is 0 Å². The molecular formula is C23H28N6O2. The normalized spacial score (nSPS) is 12.3. The molecule has 8 heteroatoms. The maximum Gasteiger partial charge on any atom is 0.222 e. The number of oxazole rings is 1. The van der Waals surface area contributed by atoms with Crippen molar-refractivity contribution < 1.29 is 9.15 Å². The SMILES string of the molecule is CCOc1ncccc1-c1cc(NCc2cnc(C)o2)c2c(n1)c(C)nn2[C@H](C)CC. The van der Waals surface area contributed by atoms with E-state index in [-0.39, 0.29) is 6.04 Å². The molecule has 4 aromatic rings. The van der Waals surface area contributed by atoms with Gasteiger partial charge in [0.2, 0.25) is 5.88 Å². The standard InChI is InChI=1S/C23H28N6O2/c1-6-14(3)29-22-20(26-13-17-12-25-16(5)31-17)11-19(27-21(22)15(4)28-29)18-9-8-10-24-23(18)30-7-2/h8-12,14H,6-7,13H2,1-5H3,(H,26,27)/t14-/m1/s1. The summed E-state index contributed by atoms with van der Waals surface area (Å²) in [5, 5.41) is 8.32. The number of fused-ring (bicyclic) bond motifs is 1. The monoisotopic (exact) mass is 420 g/mol. The van der Waals surface area contributed by atoms with E-state index >= 15 is 0 Å². The van der Waals surface area contributed by atoms with Crippen LogP contribution in [0.15, 0.2) is 35.0 Å². The van der Waals surface area contributed by atoms with E-state index in [9.17, 15) is 0 Å². The molecule has 0 spiro atoms. The largest absolute Gasteiger partial charge is 0.477 e. The van der Waals surface area contributed by atoms with Crippen LogP contribution in [0, 0.1) is 13.8 Å². The number of pyridine rings is 2. The first-order valence-electron chi connectivity index (χ1n) is 10.6. The molecule has 0 radical (unpaired) electrons. The van der Waals surface area contributed by atoms with Crippen LogP contribution in [0.1, 0.15) is 50.6 Å². The maximum absolute atomic E-state index is 5.75. The molecule has 1 N–H and O–H groups in total. The van der Waals surface area contributed by atoms with Crippen LogP contribution in [0.5, 0.6) is 5.88 Å². The van der Waals surface area contributed by atoms with Gasteiger partial charge in [0.1, 0.15) is 16.8 Å². The highest BCUT2D eigenvalue weighted by Gasteiger charge is 2.20. The van der Waals surface area contributed by atoms with E-state index < -0.39 is 0 Å². The van der Waals surface area contributed by atoms with Crippen LogP contribution in [0.2, 0.25) is 0 Å². The van der Waals surface area contributed by atoms with Crippen molar-refractivity contribution in [2.75, 3.05) is 11.9 Å². The number of aromatic nitrogens is 5. The molecule has 0 unspecified atom stereocenters. The Balaban J connectivity index is 1.87. The van der Waals surface area contributed by atoms with E-state index in [1.165, 1.54) is 0 Å². The lowest BCUT2D eigenvalue weighted by molar-refractivity contribution is 0.328. The van der Waals surface area contributed by atoms with Gasteiger partial charge in [0.05, 0.1) is 42.0 Å². The molecule has 0 aliphatic heterocycles. The van der Waals surface area contributed by atoms with Crippen LogP contribution in [0.3, 0.4) is 0 Å². The third-order valence-electron chi connectivity index (χ3n) is 5.28. The molecule has 0 aliphatic rings. The Bertz CT molecular complexity index is 1200. The van der Waals surface area contributed by atoms with Gasteiger partial charge in [-0.2, -0.15) is 5.10 Å². The molecule has 4 heterocycles. The second-order valence-electron chi connectivity index (χ2n) is 7.53. The summed E-state index contributed by atoms with van der Waals surface area (Å²) in [5.74, 6) is 1.99. The number of ether oxygens (including phenoxy) is 1. The highest BCUT2D eigenvalue weighted by Crippen LogP contribution is 2.35. The predicted octanol–water partition coefficient (Wildman–Crippen LogP) is 5.08. The van der Waals surface area contributed by atoms with Crippen LogP contribution in [0.4, 0.5) is 5.69 Å². The summed E-state index contributed by atoms with van der Waals surface area (Å²) in [6.45, 7) is 11.1. The number of anilines is 1. The number of nitrogens with one attached hydrogen (secondary N) is 1. The third-order valence-corrected chi connectivity index (χ3v) is 5.28. The second-order valence-corrected chi connectivity index (χ2v) is 7.53. The average molecular weight is 421 g/mol. The van der Waals surface area contributed by atoms with Crippen molar-refractivity contribution in [1.82, 2.24) is 24.7 Å². The Morgan fingerprint density at radius 1 is 1.23 bits per heavy atom. The van der Waals surface area contributed by atoms with Crippen LogP contribution in [0.25, 0.3) is 22.3 Å². The minimum Gasteiger partial charge on any atom is -0.477 e. The third kappa shape index (κ3) is 4.10. The lowest BCUT2D eigenvalue weighted by Gasteiger charge is -2.15. The Labute approximate surface area is 181 Å². The molecule has 0 aliphatic carbocycles. The minimum atomic E-state index is 0.245. The molecule has 0 fully saturated rings. The average Bonchev–Trinajstić information content (AvgIpc) is 3.35. The van der Waals surface area contributed by atoms with Gasteiger partial charge in [-0.25, -0.2) is 15.0 Å². The van der Waals surface area contributed by atoms with Crippen molar-refractivity contribution in [3.05, 3.63) is 47.9 Å². The van der Waals surface area contributed by atoms with Gasteiger partial charge in [0.15, 0.2) is 5.89 Å².